The molecule has 9 nitrogen and oxygen atoms in total. The Labute approximate surface area is 188 Å². The van der Waals surface area contributed by atoms with E-state index in [1.165, 1.54) is 17.0 Å². The van der Waals surface area contributed by atoms with E-state index in [0.717, 1.165) is 25.7 Å². The Kier molecular flexibility index (Phi) is 6.03. The lowest BCUT2D eigenvalue weighted by Gasteiger charge is -2.36. The number of hydrogen-bond acceptors (Lipinski definition) is 6. The Morgan fingerprint density at radius 3 is 2.47 bits per heavy atom. The lowest BCUT2D eigenvalue weighted by molar-refractivity contribution is -0.128. The lowest BCUT2D eigenvalue weighted by Crippen LogP contribution is -2.48. The van der Waals surface area contributed by atoms with Gasteiger partial charge in [0.2, 0.25) is 11.8 Å². The van der Waals surface area contributed by atoms with Crippen LogP contribution in [0.1, 0.15) is 58.9 Å². The number of nitrogens with one attached hydrogen (secondary N) is 1. The number of amides is 2. The number of likely N-dealkylation sites (tertiary alicyclic amines) is 1. The van der Waals surface area contributed by atoms with Gasteiger partial charge in [-0.15, -0.1) is 0 Å². The monoisotopic (exact) mass is 443 g/mol. The van der Waals surface area contributed by atoms with Crippen LogP contribution in [0.2, 0.25) is 0 Å². The Morgan fingerprint density at radius 2 is 1.88 bits per heavy atom. The highest BCUT2D eigenvalue weighted by Crippen LogP contribution is 2.35. The van der Waals surface area contributed by atoms with Crippen LogP contribution in [0.4, 0.5) is 5.82 Å². The van der Waals surface area contributed by atoms with Gasteiger partial charge in [0.15, 0.2) is 6.23 Å². The standard InChI is InChI=1S/C23H33N5O4/c1-13(2)12-26-21-16(7-10-18(29)27-14(3)5-6-15(27)4)11-24-28(21)23(32)19(22(26)31)20(30)25-17-8-9-17/h7,10-11,13-15,17,22,31-32H,5-6,8-9,12H2,1-4H3,(H,25,30)/b10-7+/t14-,15-,22?/m0/s1. The molecule has 174 valence electrons. The second-order valence-corrected chi connectivity index (χ2v) is 9.59. The van der Waals surface area contributed by atoms with Crippen LogP contribution in [0.25, 0.3) is 12.0 Å². The summed E-state index contributed by atoms with van der Waals surface area (Å²) in [4.78, 5) is 29.1. The quantitative estimate of drug-likeness (QED) is 0.581. The summed E-state index contributed by atoms with van der Waals surface area (Å²) in [6, 6.07) is 0.483. The van der Waals surface area contributed by atoms with Crippen molar-refractivity contribution >= 4 is 29.6 Å². The molecule has 3 aliphatic rings. The predicted molar refractivity (Wildman–Crippen MR) is 121 cm³/mol. The van der Waals surface area contributed by atoms with E-state index >= 15 is 0 Å². The average molecular weight is 444 g/mol. The van der Waals surface area contributed by atoms with Gasteiger partial charge in [-0.05, 0) is 51.5 Å². The highest BCUT2D eigenvalue weighted by molar-refractivity contribution is 6.01. The highest BCUT2D eigenvalue weighted by atomic mass is 16.3. The summed E-state index contributed by atoms with van der Waals surface area (Å²) in [5.41, 5.74) is 0.477. The Balaban J connectivity index is 1.67. The van der Waals surface area contributed by atoms with E-state index in [4.69, 9.17) is 0 Å². The van der Waals surface area contributed by atoms with Crippen molar-refractivity contribution in [1.82, 2.24) is 20.0 Å². The molecular formula is C23H33N5O4. The fourth-order valence-electron chi connectivity index (χ4n) is 4.58. The molecule has 1 unspecified atom stereocenters. The van der Waals surface area contributed by atoms with E-state index in [1.54, 1.807) is 11.0 Å². The molecule has 3 atom stereocenters. The van der Waals surface area contributed by atoms with Gasteiger partial charge in [0, 0.05) is 36.3 Å². The molecule has 32 heavy (non-hydrogen) atoms. The zero-order valence-corrected chi connectivity index (χ0v) is 19.2. The van der Waals surface area contributed by atoms with Crippen molar-refractivity contribution in [3.63, 3.8) is 0 Å². The second-order valence-electron chi connectivity index (χ2n) is 9.59. The van der Waals surface area contributed by atoms with E-state index in [9.17, 15) is 19.8 Å². The Bertz CT molecular complexity index is 952. The molecule has 3 heterocycles. The minimum Gasteiger partial charge on any atom is -0.493 e. The second kappa shape index (κ2) is 8.61. The summed E-state index contributed by atoms with van der Waals surface area (Å²) in [5.74, 6) is -0.322. The summed E-state index contributed by atoms with van der Waals surface area (Å²) in [5, 5.41) is 29.0. The fraction of sp³-hybridized carbons (Fsp3) is 0.609. The molecule has 1 aromatic heterocycles. The molecule has 0 aromatic carbocycles. The SMILES string of the molecule is CC(C)CN1c2c(/C=C/C(=O)N3[C@@H](C)CC[C@@H]3C)cnn2C(O)=C(C(=O)NC2CC2)C1O. The number of aliphatic hydroxyl groups excluding tert-OH is 2. The maximum atomic E-state index is 12.8. The molecule has 2 amide bonds. The van der Waals surface area contributed by atoms with Crippen molar-refractivity contribution < 1.29 is 19.8 Å². The summed E-state index contributed by atoms with van der Waals surface area (Å²) < 4.78 is 1.27. The molecule has 2 aliphatic heterocycles. The molecule has 4 rings (SSSR count). The van der Waals surface area contributed by atoms with Crippen molar-refractivity contribution in [2.24, 2.45) is 5.92 Å². The van der Waals surface area contributed by atoms with E-state index in [0.29, 0.717) is 17.9 Å². The number of carbonyl (C=O) groups is 2. The van der Waals surface area contributed by atoms with Crippen molar-refractivity contribution in [2.45, 2.75) is 77.7 Å². The first-order valence-corrected chi connectivity index (χ1v) is 11.5. The van der Waals surface area contributed by atoms with Crippen molar-refractivity contribution in [3.8, 4) is 0 Å². The van der Waals surface area contributed by atoms with Crippen LogP contribution < -0.4 is 10.2 Å². The van der Waals surface area contributed by atoms with Crippen molar-refractivity contribution in [3.05, 3.63) is 23.4 Å². The van der Waals surface area contributed by atoms with Crippen LogP contribution in [0.5, 0.6) is 0 Å². The number of nitrogens with zero attached hydrogens (tertiary/aromatic N) is 4. The first kappa shape index (κ1) is 22.4. The van der Waals surface area contributed by atoms with Crippen molar-refractivity contribution in [2.75, 3.05) is 11.4 Å². The fourth-order valence-corrected chi connectivity index (χ4v) is 4.58. The van der Waals surface area contributed by atoms with Crippen molar-refractivity contribution in [1.29, 1.82) is 0 Å². The molecule has 3 N–H and O–H groups in total. The Morgan fingerprint density at radius 1 is 1.22 bits per heavy atom. The molecule has 1 saturated heterocycles. The first-order chi connectivity index (χ1) is 15.2. The Hall–Kier alpha value is -2.81. The first-order valence-electron chi connectivity index (χ1n) is 11.5. The third kappa shape index (κ3) is 4.13. The highest BCUT2D eigenvalue weighted by Gasteiger charge is 2.40. The van der Waals surface area contributed by atoms with Gasteiger partial charge in [0.25, 0.3) is 5.91 Å². The summed E-state index contributed by atoms with van der Waals surface area (Å²) in [6.07, 6.45) is 7.18. The molecule has 0 bridgehead atoms. The molecule has 2 fully saturated rings. The normalized spacial score (nSPS) is 25.8. The van der Waals surface area contributed by atoms with E-state index in [-0.39, 0.29) is 35.5 Å². The van der Waals surface area contributed by atoms with Gasteiger partial charge < -0.3 is 25.3 Å². The van der Waals surface area contributed by atoms with Gasteiger partial charge in [0.05, 0.1) is 6.20 Å². The molecule has 0 spiro atoms. The summed E-state index contributed by atoms with van der Waals surface area (Å²) in [7, 11) is 0. The third-order valence-corrected chi connectivity index (χ3v) is 6.37. The minimum absolute atomic E-state index is 0.0709. The zero-order valence-electron chi connectivity index (χ0n) is 19.2. The molecule has 1 saturated carbocycles. The number of anilines is 1. The topological polar surface area (TPSA) is 111 Å². The minimum atomic E-state index is -1.32. The van der Waals surface area contributed by atoms with Gasteiger partial charge in [-0.25, -0.2) is 0 Å². The number of fused-ring (bicyclic) bond motifs is 1. The van der Waals surface area contributed by atoms with Crippen LogP contribution >= 0.6 is 0 Å². The van der Waals surface area contributed by atoms with Crippen LogP contribution in [0.15, 0.2) is 17.8 Å². The predicted octanol–water partition coefficient (Wildman–Crippen LogP) is 2.10. The number of rotatable bonds is 6. The van der Waals surface area contributed by atoms with E-state index < -0.39 is 18.0 Å². The molecule has 0 radical (unpaired) electrons. The van der Waals surface area contributed by atoms with Gasteiger partial charge in [-0.1, -0.05) is 13.8 Å². The van der Waals surface area contributed by atoms with Gasteiger partial charge in [-0.3, -0.25) is 9.59 Å². The van der Waals surface area contributed by atoms with E-state index in [2.05, 4.69) is 24.3 Å². The number of aromatic nitrogens is 2. The van der Waals surface area contributed by atoms with Gasteiger partial charge >= 0.3 is 0 Å². The third-order valence-electron chi connectivity index (χ3n) is 6.37. The van der Waals surface area contributed by atoms with Crippen LogP contribution in [-0.2, 0) is 9.59 Å². The summed E-state index contributed by atoms with van der Waals surface area (Å²) in [6.45, 7) is 8.55. The summed E-state index contributed by atoms with van der Waals surface area (Å²) >= 11 is 0. The van der Waals surface area contributed by atoms with E-state index in [1.807, 2.05) is 18.7 Å². The number of aliphatic hydroxyl groups is 2. The van der Waals surface area contributed by atoms with Crippen LogP contribution in [-0.4, -0.2) is 67.6 Å². The molecule has 1 aliphatic carbocycles. The largest absolute Gasteiger partial charge is 0.493 e. The van der Waals surface area contributed by atoms with Crippen LogP contribution in [0, 0.1) is 5.92 Å². The average Bonchev–Trinajstić information content (AvgIpc) is 3.32. The smallest absolute Gasteiger partial charge is 0.257 e. The van der Waals surface area contributed by atoms with Gasteiger partial charge in [-0.2, -0.15) is 9.78 Å². The lowest BCUT2D eigenvalue weighted by atomic mass is 10.1. The number of carbonyl (C=O) groups excluding carboxylic acids is 2. The maximum Gasteiger partial charge on any atom is 0.257 e. The molecule has 1 aromatic rings. The van der Waals surface area contributed by atoms with Gasteiger partial charge in [0.1, 0.15) is 11.4 Å². The zero-order chi connectivity index (χ0) is 23.2. The maximum absolute atomic E-state index is 12.8. The molecule has 9 heteroatoms. The molecular weight excluding hydrogens is 410 g/mol. The van der Waals surface area contributed by atoms with Crippen LogP contribution in [0.3, 0.4) is 0 Å². The number of hydrogen-bond donors (Lipinski definition) is 3.